The second-order valence-corrected chi connectivity index (χ2v) is 5.89. The van der Waals surface area contributed by atoms with Gasteiger partial charge < -0.3 is 9.64 Å². The lowest BCUT2D eigenvalue weighted by molar-refractivity contribution is -0.142. The molecule has 3 unspecified atom stereocenters. The van der Waals surface area contributed by atoms with Gasteiger partial charge >= 0.3 is 0 Å². The van der Waals surface area contributed by atoms with Crippen molar-refractivity contribution in [1.29, 1.82) is 0 Å². The van der Waals surface area contributed by atoms with Crippen molar-refractivity contribution in [1.82, 2.24) is 4.90 Å². The minimum Gasteiger partial charge on any atom is -0.381 e. The zero-order valence-corrected chi connectivity index (χ0v) is 12.1. The van der Waals surface area contributed by atoms with E-state index in [9.17, 15) is 4.79 Å². The first-order valence-electron chi connectivity index (χ1n) is 6.71. The van der Waals surface area contributed by atoms with Crippen LogP contribution in [0, 0.1) is 17.8 Å². The Kier molecular flexibility index (Phi) is 4.99. The molecule has 0 spiro atoms. The zero-order chi connectivity index (χ0) is 13.2. The predicted octanol–water partition coefficient (Wildman–Crippen LogP) is 2.55. The molecular formula is C14H27NO2. The van der Waals surface area contributed by atoms with E-state index in [1.807, 2.05) is 11.8 Å². The molecule has 0 radical (unpaired) electrons. The van der Waals surface area contributed by atoms with Crippen molar-refractivity contribution in [2.45, 2.75) is 53.2 Å². The Bertz CT molecular complexity index is 265. The lowest BCUT2D eigenvalue weighted by Crippen LogP contribution is -2.44. The summed E-state index contributed by atoms with van der Waals surface area (Å²) in [7, 11) is 1.68. The van der Waals surface area contributed by atoms with Crippen LogP contribution in [-0.4, -0.2) is 36.6 Å². The molecule has 1 heterocycles. The summed E-state index contributed by atoms with van der Waals surface area (Å²) in [6.45, 7) is 11.5. The number of likely N-dealkylation sites (tertiary alicyclic amines) is 1. The van der Waals surface area contributed by atoms with E-state index in [1.54, 1.807) is 7.11 Å². The van der Waals surface area contributed by atoms with Gasteiger partial charge in [-0.05, 0) is 32.1 Å². The Morgan fingerprint density at radius 2 is 1.88 bits per heavy atom. The molecule has 0 aromatic carbocycles. The molecule has 17 heavy (non-hydrogen) atoms. The molecule has 1 aliphatic rings. The molecule has 3 heteroatoms. The highest BCUT2D eigenvalue weighted by molar-refractivity contribution is 5.80. The maximum Gasteiger partial charge on any atom is 0.228 e. The van der Waals surface area contributed by atoms with E-state index >= 15 is 0 Å². The van der Waals surface area contributed by atoms with Crippen LogP contribution in [0.25, 0.3) is 0 Å². The molecule has 0 aliphatic carbocycles. The van der Waals surface area contributed by atoms with E-state index in [2.05, 4.69) is 27.7 Å². The van der Waals surface area contributed by atoms with Crippen LogP contribution in [0.1, 0.15) is 41.0 Å². The van der Waals surface area contributed by atoms with E-state index in [0.29, 0.717) is 17.9 Å². The fraction of sp³-hybridized carbons (Fsp3) is 0.929. The summed E-state index contributed by atoms with van der Waals surface area (Å²) in [5.41, 5.74) is 0. The van der Waals surface area contributed by atoms with Crippen molar-refractivity contribution < 1.29 is 9.53 Å². The highest BCUT2D eigenvalue weighted by Gasteiger charge is 2.37. The van der Waals surface area contributed by atoms with Crippen LogP contribution in [0.2, 0.25) is 0 Å². The molecule has 3 nitrogen and oxygen atoms in total. The quantitative estimate of drug-likeness (QED) is 0.757. The molecule has 1 saturated heterocycles. The molecule has 100 valence electrons. The molecule has 1 rings (SSSR count). The molecule has 0 aromatic rings. The Labute approximate surface area is 106 Å². The van der Waals surface area contributed by atoms with Crippen molar-refractivity contribution in [3.05, 3.63) is 0 Å². The lowest BCUT2D eigenvalue weighted by Gasteiger charge is -2.32. The van der Waals surface area contributed by atoms with Gasteiger partial charge in [-0.25, -0.2) is 0 Å². The van der Waals surface area contributed by atoms with E-state index in [1.165, 1.54) is 0 Å². The van der Waals surface area contributed by atoms with Gasteiger partial charge in [-0.15, -0.1) is 0 Å². The van der Waals surface area contributed by atoms with E-state index in [4.69, 9.17) is 4.74 Å². The minimum absolute atomic E-state index is 0.00870. The summed E-state index contributed by atoms with van der Waals surface area (Å²) in [4.78, 5) is 14.6. The van der Waals surface area contributed by atoms with Gasteiger partial charge in [-0.1, -0.05) is 20.8 Å². The first-order chi connectivity index (χ1) is 7.88. The van der Waals surface area contributed by atoms with Crippen molar-refractivity contribution in [3.8, 4) is 0 Å². The first-order valence-corrected chi connectivity index (χ1v) is 6.71. The minimum atomic E-state index is -0.0206. The van der Waals surface area contributed by atoms with Crippen LogP contribution in [-0.2, 0) is 9.53 Å². The van der Waals surface area contributed by atoms with Gasteiger partial charge in [0.05, 0.1) is 12.0 Å². The third-order valence-electron chi connectivity index (χ3n) is 3.95. The topological polar surface area (TPSA) is 29.5 Å². The molecular weight excluding hydrogens is 214 g/mol. The Morgan fingerprint density at radius 1 is 1.29 bits per heavy atom. The number of hydrogen-bond acceptors (Lipinski definition) is 2. The number of carbonyl (C=O) groups is 1. The summed E-state index contributed by atoms with van der Waals surface area (Å²) in [6, 6.07) is 0.378. The Hall–Kier alpha value is -0.570. The highest BCUT2D eigenvalue weighted by atomic mass is 16.5. The third-order valence-corrected chi connectivity index (χ3v) is 3.95. The van der Waals surface area contributed by atoms with Crippen LogP contribution in [0.15, 0.2) is 0 Å². The van der Waals surface area contributed by atoms with Crippen LogP contribution in [0.4, 0.5) is 0 Å². The van der Waals surface area contributed by atoms with Crippen LogP contribution < -0.4 is 0 Å². The first kappa shape index (κ1) is 14.5. The Balaban J connectivity index is 2.78. The predicted molar refractivity (Wildman–Crippen MR) is 69.8 cm³/mol. The summed E-state index contributed by atoms with van der Waals surface area (Å²) in [5, 5.41) is 0. The molecule has 0 N–H and O–H groups in total. The summed E-state index contributed by atoms with van der Waals surface area (Å²) in [6.07, 6.45) is 1.11. The number of rotatable bonds is 4. The van der Waals surface area contributed by atoms with E-state index < -0.39 is 0 Å². The van der Waals surface area contributed by atoms with Gasteiger partial charge in [0.1, 0.15) is 0 Å². The monoisotopic (exact) mass is 241 g/mol. The Morgan fingerprint density at radius 3 is 2.24 bits per heavy atom. The van der Waals surface area contributed by atoms with Crippen molar-refractivity contribution in [3.63, 3.8) is 0 Å². The number of nitrogens with zero attached hydrogens (tertiary/aromatic N) is 1. The number of ether oxygens (including phenoxy) is 1. The van der Waals surface area contributed by atoms with E-state index in [0.717, 1.165) is 13.0 Å². The maximum absolute atomic E-state index is 12.6. The largest absolute Gasteiger partial charge is 0.381 e. The van der Waals surface area contributed by atoms with Gasteiger partial charge in [-0.3, -0.25) is 4.79 Å². The smallest absolute Gasteiger partial charge is 0.228 e. The number of methoxy groups -OCH3 is 1. The van der Waals surface area contributed by atoms with Gasteiger partial charge in [0.25, 0.3) is 0 Å². The molecule has 0 saturated carbocycles. The van der Waals surface area contributed by atoms with Gasteiger partial charge in [0, 0.05) is 19.7 Å². The molecule has 0 aromatic heterocycles. The van der Waals surface area contributed by atoms with Crippen LogP contribution in [0.3, 0.4) is 0 Å². The van der Waals surface area contributed by atoms with Crippen LogP contribution >= 0.6 is 0 Å². The summed E-state index contributed by atoms with van der Waals surface area (Å²) in [5.74, 6) is 1.19. The molecule has 1 amide bonds. The van der Waals surface area contributed by atoms with E-state index in [-0.39, 0.29) is 17.9 Å². The normalized spacial score (nSPS) is 28.5. The molecule has 0 bridgehead atoms. The lowest BCUT2D eigenvalue weighted by atomic mass is 9.89. The van der Waals surface area contributed by atoms with Gasteiger partial charge in [-0.2, -0.15) is 0 Å². The number of carbonyl (C=O) groups excluding carboxylic acids is 1. The molecule has 1 aliphatic heterocycles. The number of amides is 1. The average molecular weight is 241 g/mol. The van der Waals surface area contributed by atoms with Crippen molar-refractivity contribution in [2.75, 3.05) is 13.7 Å². The fourth-order valence-electron chi connectivity index (χ4n) is 2.97. The van der Waals surface area contributed by atoms with Crippen molar-refractivity contribution in [2.24, 2.45) is 17.8 Å². The molecule has 4 atom stereocenters. The second kappa shape index (κ2) is 5.85. The highest BCUT2D eigenvalue weighted by Crippen LogP contribution is 2.28. The van der Waals surface area contributed by atoms with Gasteiger partial charge in [0.2, 0.25) is 5.91 Å². The zero-order valence-electron chi connectivity index (χ0n) is 12.1. The van der Waals surface area contributed by atoms with Crippen LogP contribution in [0.5, 0.6) is 0 Å². The molecule has 1 fully saturated rings. The average Bonchev–Trinajstić information content (AvgIpc) is 2.57. The number of hydrogen-bond donors (Lipinski definition) is 0. The fourth-order valence-corrected chi connectivity index (χ4v) is 2.97. The second-order valence-electron chi connectivity index (χ2n) is 5.89. The maximum atomic E-state index is 12.6. The summed E-state index contributed by atoms with van der Waals surface area (Å²) < 4.78 is 5.37. The SMILES string of the molecule is COC(C)C(C(=O)N1CC(C)C[C@H]1C)C(C)C. The third kappa shape index (κ3) is 3.21. The van der Waals surface area contributed by atoms with Crippen molar-refractivity contribution >= 4 is 5.91 Å². The standard InChI is InChI=1S/C14H27NO2/c1-9(2)13(12(5)17-6)14(16)15-8-10(3)7-11(15)4/h9-13H,7-8H2,1-6H3/t10?,11-,12?,13?/m1/s1. The summed E-state index contributed by atoms with van der Waals surface area (Å²) >= 11 is 0. The van der Waals surface area contributed by atoms with Gasteiger partial charge in [0.15, 0.2) is 0 Å².